The Labute approximate surface area is 99.0 Å². The second kappa shape index (κ2) is 3.70. The summed E-state index contributed by atoms with van der Waals surface area (Å²) in [5.74, 6) is -0.918. The Hall–Kier alpha value is -2.16. The first-order valence-electron chi connectivity index (χ1n) is 5.57. The van der Waals surface area contributed by atoms with Crippen molar-refractivity contribution in [3.63, 3.8) is 0 Å². The summed E-state index contributed by atoms with van der Waals surface area (Å²) in [6, 6.07) is 9.07. The van der Waals surface area contributed by atoms with Crippen LogP contribution in [-0.2, 0) is 9.59 Å². The van der Waals surface area contributed by atoms with Crippen molar-refractivity contribution < 1.29 is 9.59 Å². The highest BCUT2D eigenvalue weighted by atomic mass is 16.2. The van der Waals surface area contributed by atoms with Gasteiger partial charge in [-0.15, -0.1) is 0 Å². The fourth-order valence-corrected chi connectivity index (χ4v) is 2.32. The zero-order valence-electron chi connectivity index (χ0n) is 9.11. The summed E-state index contributed by atoms with van der Waals surface area (Å²) in [6.45, 7) is 0. The number of hydrogen-bond donors (Lipinski definition) is 0. The highest BCUT2D eigenvalue weighted by Crippen LogP contribution is 2.34. The maximum atomic E-state index is 12.2. The maximum Gasteiger partial charge on any atom is 0.241 e. The fraction of sp³-hybridized carbons (Fsp3) is 0.143. The number of rotatable bonds is 1. The molecule has 0 radical (unpaired) electrons. The van der Waals surface area contributed by atoms with Crippen LogP contribution in [0.4, 0.5) is 5.69 Å². The Kier molecular flexibility index (Phi) is 2.18. The number of fused-ring (bicyclic) bond motifs is 1. The van der Waals surface area contributed by atoms with Gasteiger partial charge in [0.2, 0.25) is 11.8 Å². The van der Waals surface area contributed by atoms with Gasteiger partial charge < -0.3 is 0 Å². The highest BCUT2D eigenvalue weighted by molar-refractivity contribution is 6.23. The molecule has 84 valence electrons. The van der Waals surface area contributed by atoms with Crippen LogP contribution >= 0.6 is 0 Å². The first kappa shape index (κ1) is 10.0. The summed E-state index contributed by atoms with van der Waals surface area (Å²) in [4.78, 5) is 25.6. The third-order valence-electron chi connectivity index (χ3n) is 3.16. The molecule has 1 saturated heterocycles. The van der Waals surface area contributed by atoms with Crippen LogP contribution in [0.25, 0.3) is 0 Å². The van der Waals surface area contributed by atoms with E-state index >= 15 is 0 Å². The SMILES string of the molecule is O=C1C2C=CC=CC2C(=O)N1c1ccccc1. The first-order chi connectivity index (χ1) is 8.29. The molecule has 2 amide bonds. The van der Waals surface area contributed by atoms with E-state index in [1.165, 1.54) is 4.90 Å². The standard InChI is InChI=1S/C14H11NO2/c16-13-11-8-4-5-9-12(11)14(17)15(13)10-6-2-1-3-7-10/h1-9,11-12H. The van der Waals surface area contributed by atoms with E-state index in [2.05, 4.69) is 0 Å². The second-order valence-corrected chi connectivity index (χ2v) is 4.17. The molecule has 1 aromatic carbocycles. The van der Waals surface area contributed by atoms with Crippen LogP contribution in [0.15, 0.2) is 54.6 Å². The zero-order valence-corrected chi connectivity index (χ0v) is 9.11. The molecule has 1 heterocycles. The topological polar surface area (TPSA) is 37.4 Å². The molecule has 0 aromatic heterocycles. The first-order valence-corrected chi connectivity index (χ1v) is 5.57. The number of nitrogens with zero attached hydrogens (tertiary/aromatic N) is 1. The van der Waals surface area contributed by atoms with Crippen LogP contribution < -0.4 is 4.90 Å². The van der Waals surface area contributed by atoms with Crippen LogP contribution in [0.1, 0.15) is 0 Å². The number of allylic oxidation sites excluding steroid dienone is 2. The lowest BCUT2D eigenvalue weighted by atomic mass is 9.91. The average Bonchev–Trinajstić information content (AvgIpc) is 2.64. The van der Waals surface area contributed by atoms with E-state index in [4.69, 9.17) is 0 Å². The molecule has 0 spiro atoms. The third kappa shape index (κ3) is 1.43. The predicted molar refractivity (Wildman–Crippen MR) is 64.2 cm³/mol. The highest BCUT2D eigenvalue weighted by Gasteiger charge is 2.46. The average molecular weight is 225 g/mol. The predicted octanol–water partition coefficient (Wildman–Crippen LogP) is 1.92. The van der Waals surface area contributed by atoms with Crippen LogP contribution in [0.3, 0.4) is 0 Å². The van der Waals surface area contributed by atoms with E-state index in [0.29, 0.717) is 5.69 Å². The molecule has 1 aliphatic heterocycles. The third-order valence-corrected chi connectivity index (χ3v) is 3.16. The van der Waals surface area contributed by atoms with Crippen molar-refractivity contribution in [2.24, 2.45) is 11.8 Å². The minimum absolute atomic E-state index is 0.133. The van der Waals surface area contributed by atoms with Gasteiger partial charge in [0.05, 0.1) is 17.5 Å². The van der Waals surface area contributed by atoms with Gasteiger partial charge in [-0.1, -0.05) is 42.5 Å². The molecule has 2 unspecified atom stereocenters. The monoisotopic (exact) mass is 225 g/mol. The van der Waals surface area contributed by atoms with E-state index in [1.54, 1.807) is 24.3 Å². The van der Waals surface area contributed by atoms with E-state index in [0.717, 1.165) is 0 Å². The Morgan fingerprint density at radius 2 is 1.35 bits per heavy atom. The smallest absolute Gasteiger partial charge is 0.241 e. The molecule has 2 atom stereocenters. The second-order valence-electron chi connectivity index (χ2n) is 4.17. The van der Waals surface area contributed by atoms with Crippen molar-refractivity contribution in [2.75, 3.05) is 4.90 Å². The normalized spacial score (nSPS) is 26.5. The van der Waals surface area contributed by atoms with Gasteiger partial charge in [-0.05, 0) is 12.1 Å². The molecule has 3 nitrogen and oxygen atoms in total. The van der Waals surface area contributed by atoms with Crippen LogP contribution in [0.2, 0.25) is 0 Å². The number of carbonyl (C=O) groups is 2. The van der Waals surface area contributed by atoms with Crippen LogP contribution in [0.5, 0.6) is 0 Å². The van der Waals surface area contributed by atoms with Gasteiger partial charge in [0, 0.05) is 0 Å². The lowest BCUT2D eigenvalue weighted by Crippen LogP contribution is -2.30. The minimum Gasteiger partial charge on any atom is -0.273 e. The molecule has 0 N–H and O–H groups in total. The quantitative estimate of drug-likeness (QED) is 0.685. The number of amides is 2. The molecule has 0 saturated carbocycles. The van der Waals surface area contributed by atoms with Gasteiger partial charge in [-0.2, -0.15) is 0 Å². The Morgan fingerprint density at radius 1 is 0.824 bits per heavy atom. The largest absolute Gasteiger partial charge is 0.273 e. The molecule has 0 bridgehead atoms. The van der Waals surface area contributed by atoms with Crippen LogP contribution in [-0.4, -0.2) is 11.8 Å². The van der Waals surface area contributed by atoms with Gasteiger partial charge in [-0.3, -0.25) is 9.59 Å². The van der Waals surface area contributed by atoms with Crippen molar-refractivity contribution in [2.45, 2.75) is 0 Å². The van der Waals surface area contributed by atoms with E-state index < -0.39 is 0 Å². The van der Waals surface area contributed by atoms with E-state index in [-0.39, 0.29) is 23.7 Å². The van der Waals surface area contributed by atoms with Gasteiger partial charge >= 0.3 is 0 Å². The maximum absolute atomic E-state index is 12.2. The number of para-hydroxylation sites is 1. The Morgan fingerprint density at radius 3 is 1.88 bits per heavy atom. The van der Waals surface area contributed by atoms with Gasteiger partial charge in [0.1, 0.15) is 0 Å². The summed E-state index contributed by atoms with van der Waals surface area (Å²) in [5, 5.41) is 0. The molecule has 1 aromatic rings. The molecular weight excluding hydrogens is 214 g/mol. The molecule has 3 heteroatoms. The van der Waals surface area contributed by atoms with E-state index in [9.17, 15) is 9.59 Å². The molecular formula is C14H11NO2. The van der Waals surface area contributed by atoms with Gasteiger partial charge in [0.25, 0.3) is 0 Å². The molecule has 17 heavy (non-hydrogen) atoms. The van der Waals surface area contributed by atoms with E-state index in [1.807, 2.05) is 30.4 Å². The van der Waals surface area contributed by atoms with Gasteiger partial charge in [-0.25, -0.2) is 4.90 Å². The molecule has 1 aliphatic carbocycles. The lowest BCUT2D eigenvalue weighted by molar-refractivity contribution is -0.122. The minimum atomic E-state index is -0.326. The number of anilines is 1. The van der Waals surface area contributed by atoms with Crippen molar-refractivity contribution in [1.29, 1.82) is 0 Å². The lowest BCUT2D eigenvalue weighted by Gasteiger charge is -2.13. The zero-order chi connectivity index (χ0) is 11.8. The fourth-order valence-electron chi connectivity index (χ4n) is 2.32. The van der Waals surface area contributed by atoms with Crippen molar-refractivity contribution in [1.82, 2.24) is 0 Å². The molecule has 1 fully saturated rings. The van der Waals surface area contributed by atoms with Crippen molar-refractivity contribution >= 4 is 17.5 Å². The number of benzene rings is 1. The summed E-state index contributed by atoms with van der Waals surface area (Å²) >= 11 is 0. The molecule has 3 rings (SSSR count). The van der Waals surface area contributed by atoms with Crippen molar-refractivity contribution in [3.05, 3.63) is 54.6 Å². The number of imide groups is 1. The summed E-state index contributed by atoms with van der Waals surface area (Å²) in [6.07, 6.45) is 7.24. The Bertz CT molecular complexity index is 500. The summed E-state index contributed by atoms with van der Waals surface area (Å²) < 4.78 is 0. The van der Waals surface area contributed by atoms with Crippen LogP contribution in [0, 0.1) is 11.8 Å². The molecule has 2 aliphatic rings. The van der Waals surface area contributed by atoms with Crippen molar-refractivity contribution in [3.8, 4) is 0 Å². The number of hydrogen-bond acceptors (Lipinski definition) is 2. The summed E-state index contributed by atoms with van der Waals surface area (Å²) in [5.41, 5.74) is 0.652. The summed E-state index contributed by atoms with van der Waals surface area (Å²) in [7, 11) is 0. The number of carbonyl (C=O) groups excluding carboxylic acids is 2. The van der Waals surface area contributed by atoms with Gasteiger partial charge in [0.15, 0.2) is 0 Å². The Balaban J connectivity index is 2.03.